The molecule has 1 spiro atoms. The normalized spacial score (nSPS) is 29.0. The number of rotatable bonds is 6. The molecule has 2 rings (SSSR count). The molecule has 24 heavy (non-hydrogen) atoms. The van der Waals surface area contributed by atoms with Gasteiger partial charge in [-0.05, 0) is 37.5 Å². The standard InChI is InChI=1S/C17H28N2O5/c1-5-23-6-7-24-13(20)10-19-14(21)17(18-15(19)22)9-12(2)8-16(3,4)11-17/h12H,5-11H2,1-4H3,(H,18,22). The van der Waals surface area contributed by atoms with Crippen molar-refractivity contribution in [1.29, 1.82) is 0 Å². The first-order valence-electron chi connectivity index (χ1n) is 8.56. The lowest BCUT2D eigenvalue weighted by Gasteiger charge is -2.43. The molecule has 7 heteroatoms. The van der Waals surface area contributed by atoms with Crippen LogP contribution in [0.5, 0.6) is 0 Å². The number of hydrogen-bond acceptors (Lipinski definition) is 5. The van der Waals surface area contributed by atoms with Crippen LogP contribution in [-0.4, -0.2) is 54.7 Å². The fraction of sp³-hybridized carbons (Fsp3) is 0.824. The van der Waals surface area contributed by atoms with Crippen LogP contribution in [0, 0.1) is 11.3 Å². The Hall–Kier alpha value is -1.63. The Kier molecular flexibility index (Phi) is 5.52. The van der Waals surface area contributed by atoms with Gasteiger partial charge in [0.25, 0.3) is 5.91 Å². The molecule has 1 heterocycles. The molecule has 0 aromatic carbocycles. The highest BCUT2D eigenvalue weighted by Gasteiger charge is 2.56. The zero-order chi connectivity index (χ0) is 18.0. The van der Waals surface area contributed by atoms with E-state index >= 15 is 0 Å². The Balaban J connectivity index is 2.00. The topological polar surface area (TPSA) is 84.9 Å². The van der Waals surface area contributed by atoms with Crippen molar-refractivity contribution < 1.29 is 23.9 Å². The van der Waals surface area contributed by atoms with Crippen molar-refractivity contribution in [2.24, 2.45) is 11.3 Å². The summed E-state index contributed by atoms with van der Waals surface area (Å²) in [4.78, 5) is 37.9. The zero-order valence-corrected chi connectivity index (χ0v) is 15.0. The molecule has 0 bridgehead atoms. The molecule has 136 valence electrons. The Bertz CT molecular complexity index is 519. The number of nitrogens with one attached hydrogen (secondary N) is 1. The Morgan fingerprint density at radius 1 is 1.29 bits per heavy atom. The smallest absolute Gasteiger partial charge is 0.326 e. The molecule has 0 aromatic heterocycles. The van der Waals surface area contributed by atoms with Gasteiger partial charge in [0.15, 0.2) is 0 Å². The molecule has 2 fully saturated rings. The number of carbonyl (C=O) groups is 3. The first-order chi connectivity index (χ1) is 11.2. The molecular weight excluding hydrogens is 312 g/mol. The number of imide groups is 1. The maximum atomic E-state index is 12.8. The summed E-state index contributed by atoms with van der Waals surface area (Å²) in [5.74, 6) is -0.580. The fourth-order valence-electron chi connectivity index (χ4n) is 4.18. The van der Waals surface area contributed by atoms with Crippen LogP contribution < -0.4 is 5.32 Å². The van der Waals surface area contributed by atoms with Crippen LogP contribution >= 0.6 is 0 Å². The largest absolute Gasteiger partial charge is 0.462 e. The van der Waals surface area contributed by atoms with Crippen molar-refractivity contribution >= 4 is 17.9 Å². The third-order valence-electron chi connectivity index (χ3n) is 4.61. The van der Waals surface area contributed by atoms with E-state index in [4.69, 9.17) is 9.47 Å². The van der Waals surface area contributed by atoms with E-state index in [9.17, 15) is 14.4 Å². The van der Waals surface area contributed by atoms with Gasteiger partial charge in [0, 0.05) is 6.61 Å². The molecule has 2 atom stereocenters. The van der Waals surface area contributed by atoms with Crippen LogP contribution in [0.15, 0.2) is 0 Å². The second-order valence-electron chi connectivity index (χ2n) is 7.68. The predicted octanol–water partition coefficient (Wildman–Crippen LogP) is 1.70. The number of hydrogen-bond donors (Lipinski definition) is 1. The van der Waals surface area contributed by atoms with Crippen LogP contribution in [0.3, 0.4) is 0 Å². The Labute approximate surface area is 143 Å². The van der Waals surface area contributed by atoms with Gasteiger partial charge in [-0.3, -0.25) is 14.5 Å². The van der Waals surface area contributed by atoms with Crippen LogP contribution in [0.2, 0.25) is 0 Å². The van der Waals surface area contributed by atoms with E-state index in [1.807, 2.05) is 6.92 Å². The minimum absolute atomic E-state index is 0.0331. The molecule has 2 unspecified atom stereocenters. The van der Waals surface area contributed by atoms with Gasteiger partial charge in [-0.25, -0.2) is 4.79 Å². The number of esters is 1. The van der Waals surface area contributed by atoms with E-state index in [1.165, 1.54) is 0 Å². The number of urea groups is 1. The summed E-state index contributed by atoms with van der Waals surface area (Å²) in [5, 5.41) is 2.84. The second kappa shape index (κ2) is 7.09. The maximum absolute atomic E-state index is 12.8. The first kappa shape index (κ1) is 18.7. The van der Waals surface area contributed by atoms with Crippen molar-refractivity contribution in [3.05, 3.63) is 0 Å². The predicted molar refractivity (Wildman–Crippen MR) is 87.2 cm³/mol. The Morgan fingerprint density at radius 2 is 2.00 bits per heavy atom. The molecule has 0 aromatic rings. The van der Waals surface area contributed by atoms with Crippen molar-refractivity contribution in [3.63, 3.8) is 0 Å². The van der Waals surface area contributed by atoms with Crippen LogP contribution in [0.1, 0.15) is 47.0 Å². The van der Waals surface area contributed by atoms with Gasteiger partial charge < -0.3 is 14.8 Å². The van der Waals surface area contributed by atoms with Crippen LogP contribution in [0.25, 0.3) is 0 Å². The molecule has 0 radical (unpaired) electrons. The molecule has 1 aliphatic heterocycles. The molecule has 1 saturated heterocycles. The average Bonchev–Trinajstić information content (AvgIpc) is 2.65. The minimum atomic E-state index is -0.885. The van der Waals surface area contributed by atoms with Crippen LogP contribution in [-0.2, 0) is 19.1 Å². The summed E-state index contributed by atoms with van der Waals surface area (Å²) < 4.78 is 10.1. The molecular formula is C17H28N2O5. The number of nitrogens with zero attached hydrogens (tertiary/aromatic N) is 1. The molecule has 1 N–H and O–H groups in total. The van der Waals surface area contributed by atoms with Crippen molar-refractivity contribution in [2.45, 2.75) is 52.5 Å². The van der Waals surface area contributed by atoms with Gasteiger partial charge in [0.1, 0.15) is 18.7 Å². The third-order valence-corrected chi connectivity index (χ3v) is 4.61. The summed E-state index contributed by atoms with van der Waals surface area (Å²) in [6.07, 6.45) is 2.21. The lowest BCUT2D eigenvalue weighted by Crippen LogP contribution is -2.54. The van der Waals surface area contributed by atoms with Crippen molar-refractivity contribution in [1.82, 2.24) is 10.2 Å². The second-order valence-corrected chi connectivity index (χ2v) is 7.68. The number of ether oxygens (including phenoxy) is 2. The van der Waals surface area contributed by atoms with E-state index in [-0.39, 0.29) is 24.5 Å². The molecule has 7 nitrogen and oxygen atoms in total. The molecule has 1 saturated carbocycles. The van der Waals surface area contributed by atoms with E-state index < -0.39 is 17.5 Å². The SMILES string of the molecule is CCOCCOC(=O)CN1C(=O)NC2(CC(C)CC(C)(C)C2)C1=O. The fourth-order valence-corrected chi connectivity index (χ4v) is 4.18. The van der Waals surface area contributed by atoms with E-state index in [0.29, 0.717) is 32.0 Å². The van der Waals surface area contributed by atoms with Crippen LogP contribution in [0.4, 0.5) is 4.79 Å². The average molecular weight is 340 g/mol. The van der Waals surface area contributed by atoms with E-state index in [1.54, 1.807) is 0 Å². The summed E-state index contributed by atoms with van der Waals surface area (Å²) in [6, 6.07) is -0.508. The highest BCUT2D eigenvalue weighted by molar-refractivity contribution is 6.08. The Morgan fingerprint density at radius 3 is 2.62 bits per heavy atom. The molecule has 2 aliphatic rings. The number of amides is 3. The summed E-state index contributed by atoms with van der Waals surface area (Å²) in [6.45, 7) is 8.76. The maximum Gasteiger partial charge on any atom is 0.326 e. The summed E-state index contributed by atoms with van der Waals surface area (Å²) >= 11 is 0. The molecule has 1 aliphatic carbocycles. The van der Waals surface area contributed by atoms with E-state index in [2.05, 4.69) is 26.1 Å². The van der Waals surface area contributed by atoms with Gasteiger partial charge in [0.05, 0.1) is 6.61 Å². The zero-order valence-electron chi connectivity index (χ0n) is 15.0. The monoisotopic (exact) mass is 340 g/mol. The highest BCUT2D eigenvalue weighted by Crippen LogP contribution is 2.46. The van der Waals surface area contributed by atoms with Gasteiger partial charge in [-0.1, -0.05) is 20.8 Å². The summed E-state index contributed by atoms with van der Waals surface area (Å²) in [5.41, 5.74) is -0.918. The third kappa shape index (κ3) is 4.06. The quantitative estimate of drug-likeness (QED) is 0.452. The minimum Gasteiger partial charge on any atom is -0.462 e. The van der Waals surface area contributed by atoms with Crippen molar-refractivity contribution in [3.8, 4) is 0 Å². The van der Waals surface area contributed by atoms with Crippen molar-refractivity contribution in [2.75, 3.05) is 26.4 Å². The van der Waals surface area contributed by atoms with Gasteiger partial charge >= 0.3 is 12.0 Å². The van der Waals surface area contributed by atoms with E-state index in [0.717, 1.165) is 11.3 Å². The first-order valence-corrected chi connectivity index (χ1v) is 8.56. The molecule has 3 amide bonds. The lowest BCUT2D eigenvalue weighted by molar-refractivity contribution is -0.149. The lowest BCUT2D eigenvalue weighted by atomic mass is 9.64. The van der Waals surface area contributed by atoms with Gasteiger partial charge in [-0.15, -0.1) is 0 Å². The summed E-state index contributed by atoms with van der Waals surface area (Å²) in [7, 11) is 0. The highest BCUT2D eigenvalue weighted by atomic mass is 16.6. The number of carbonyl (C=O) groups excluding carboxylic acids is 3. The van der Waals surface area contributed by atoms with Gasteiger partial charge in [-0.2, -0.15) is 0 Å². The van der Waals surface area contributed by atoms with Gasteiger partial charge in [0.2, 0.25) is 0 Å².